The van der Waals surface area contributed by atoms with Crippen LogP contribution in [0, 0.1) is 11.3 Å². The second-order valence-electron chi connectivity index (χ2n) is 10.0. The van der Waals surface area contributed by atoms with Gasteiger partial charge in [-0.2, -0.15) is 5.26 Å². The van der Waals surface area contributed by atoms with Crippen molar-refractivity contribution in [3.8, 4) is 17.3 Å². The first-order valence-corrected chi connectivity index (χ1v) is 13.9. The van der Waals surface area contributed by atoms with Crippen LogP contribution in [0.2, 0.25) is 0 Å². The third-order valence-electron chi connectivity index (χ3n) is 7.28. The fraction of sp³-hybridized carbons (Fsp3) is 0.355. The molecule has 1 aliphatic rings. The van der Waals surface area contributed by atoms with Gasteiger partial charge >= 0.3 is 0 Å². The van der Waals surface area contributed by atoms with Crippen LogP contribution in [0.1, 0.15) is 60.5 Å². The molecule has 2 aromatic carbocycles. The summed E-state index contributed by atoms with van der Waals surface area (Å²) < 4.78 is 0. The number of fused-ring (bicyclic) bond motifs is 1. The Morgan fingerprint density at radius 1 is 1.13 bits per heavy atom. The molecule has 39 heavy (non-hydrogen) atoms. The molecule has 0 atom stereocenters. The number of nitrogens with one attached hydrogen (secondary N) is 2. The minimum atomic E-state index is -0.110. The molecule has 1 amide bonds. The number of hydrazine groups is 1. The van der Waals surface area contributed by atoms with Gasteiger partial charge in [0, 0.05) is 60.6 Å². The summed E-state index contributed by atoms with van der Waals surface area (Å²) in [7, 11) is 0. The monoisotopic (exact) mass is 521 g/mol. The first kappa shape index (κ1) is 26.4. The lowest BCUT2D eigenvalue weighted by atomic mass is 10.1. The van der Waals surface area contributed by atoms with Crippen molar-refractivity contribution in [1.29, 1.82) is 5.26 Å². The van der Waals surface area contributed by atoms with Gasteiger partial charge in [-0.15, -0.1) is 0 Å². The molecule has 4 aromatic rings. The van der Waals surface area contributed by atoms with Gasteiger partial charge in [0.2, 0.25) is 5.95 Å². The Bertz CT molecular complexity index is 1450. The van der Waals surface area contributed by atoms with Crippen LogP contribution >= 0.6 is 0 Å². The summed E-state index contributed by atoms with van der Waals surface area (Å²) in [6.07, 6.45) is 10.1. The predicted octanol–water partition coefficient (Wildman–Crippen LogP) is 5.48. The molecule has 0 aliphatic carbocycles. The van der Waals surface area contributed by atoms with E-state index in [0.29, 0.717) is 24.1 Å². The highest BCUT2D eigenvalue weighted by Crippen LogP contribution is 2.23. The Morgan fingerprint density at radius 3 is 2.72 bits per heavy atom. The summed E-state index contributed by atoms with van der Waals surface area (Å²) >= 11 is 0. The average Bonchev–Trinajstić information content (AvgIpc) is 3.65. The van der Waals surface area contributed by atoms with Gasteiger partial charge in [-0.05, 0) is 61.6 Å². The van der Waals surface area contributed by atoms with E-state index in [1.807, 2.05) is 54.7 Å². The van der Waals surface area contributed by atoms with E-state index in [9.17, 15) is 10.1 Å². The molecule has 0 unspecified atom stereocenters. The number of anilines is 1. The standard InChI is InChI=1S/C31H35N7O/c1-2-3-4-19-38(37-17-5-6-18-37)31-34-16-14-28(36-31)24-8-10-25(11-9-24)30(39)33-15-13-23-7-12-29-27(20-23)26(21-32)22-35-29/h7-12,14,16,20,22,35H,2-6,13,15,17-19H2,1H3,(H,33,39). The van der Waals surface area contributed by atoms with Crippen LogP contribution in [0.15, 0.2) is 60.9 Å². The molecule has 200 valence electrons. The summed E-state index contributed by atoms with van der Waals surface area (Å²) in [6, 6.07) is 17.7. The zero-order valence-electron chi connectivity index (χ0n) is 22.5. The van der Waals surface area contributed by atoms with Crippen LogP contribution in [0.3, 0.4) is 0 Å². The Kier molecular flexibility index (Phi) is 8.49. The minimum Gasteiger partial charge on any atom is -0.360 e. The SMILES string of the molecule is CCCCCN(c1nccc(-c2ccc(C(=O)NCCc3ccc4[nH]cc(C#N)c4c3)cc2)n1)N1CCCC1. The van der Waals surface area contributed by atoms with Gasteiger partial charge in [0.1, 0.15) is 6.07 Å². The van der Waals surface area contributed by atoms with Crippen molar-refractivity contribution >= 4 is 22.8 Å². The molecule has 0 saturated carbocycles. The number of aromatic amines is 1. The third kappa shape index (κ3) is 6.27. The number of nitrogens with zero attached hydrogens (tertiary/aromatic N) is 5. The number of carbonyl (C=O) groups excluding carboxylic acids is 1. The number of hydrogen-bond donors (Lipinski definition) is 2. The molecular weight excluding hydrogens is 486 g/mol. The number of hydrogen-bond acceptors (Lipinski definition) is 6. The van der Waals surface area contributed by atoms with Crippen LogP contribution < -0.4 is 10.3 Å². The number of unbranched alkanes of at least 4 members (excludes halogenated alkanes) is 2. The van der Waals surface area contributed by atoms with Crippen molar-refractivity contribution in [2.45, 2.75) is 45.4 Å². The van der Waals surface area contributed by atoms with Crippen molar-refractivity contribution in [2.75, 3.05) is 31.2 Å². The van der Waals surface area contributed by atoms with Crippen LogP contribution in [0.5, 0.6) is 0 Å². The van der Waals surface area contributed by atoms with Crippen LogP contribution in [-0.2, 0) is 6.42 Å². The molecule has 0 radical (unpaired) electrons. The molecule has 5 rings (SSSR count). The number of H-pyrrole nitrogens is 1. The normalized spacial score (nSPS) is 13.4. The van der Waals surface area contributed by atoms with Gasteiger partial charge in [0.15, 0.2) is 0 Å². The van der Waals surface area contributed by atoms with Gasteiger partial charge in [-0.1, -0.05) is 38.0 Å². The highest BCUT2D eigenvalue weighted by molar-refractivity contribution is 5.94. The third-order valence-corrected chi connectivity index (χ3v) is 7.28. The maximum Gasteiger partial charge on any atom is 0.251 e. The molecule has 3 heterocycles. The molecule has 2 N–H and O–H groups in total. The zero-order chi connectivity index (χ0) is 27.0. The highest BCUT2D eigenvalue weighted by atomic mass is 16.1. The van der Waals surface area contributed by atoms with E-state index in [1.165, 1.54) is 25.7 Å². The number of benzene rings is 2. The topological polar surface area (TPSA) is 101 Å². The van der Waals surface area contributed by atoms with Crippen LogP contribution in [0.25, 0.3) is 22.2 Å². The first-order chi connectivity index (χ1) is 19.2. The average molecular weight is 522 g/mol. The van der Waals surface area contributed by atoms with Crippen molar-refractivity contribution in [3.63, 3.8) is 0 Å². The molecule has 8 heteroatoms. The highest BCUT2D eigenvalue weighted by Gasteiger charge is 2.22. The Balaban J connectivity index is 1.21. The van der Waals surface area contributed by atoms with Crippen molar-refractivity contribution in [3.05, 3.63) is 77.6 Å². The number of amides is 1. The fourth-order valence-corrected chi connectivity index (χ4v) is 5.09. The lowest BCUT2D eigenvalue weighted by Gasteiger charge is -2.31. The number of rotatable bonds is 11. The summed E-state index contributed by atoms with van der Waals surface area (Å²) in [5.74, 6) is 0.633. The number of aromatic nitrogens is 3. The van der Waals surface area contributed by atoms with E-state index in [0.717, 1.165) is 59.7 Å². The van der Waals surface area contributed by atoms with E-state index in [1.54, 1.807) is 6.20 Å². The van der Waals surface area contributed by atoms with Gasteiger partial charge < -0.3 is 10.3 Å². The number of carbonyl (C=O) groups is 1. The van der Waals surface area contributed by atoms with Gasteiger partial charge in [0.25, 0.3) is 5.91 Å². The zero-order valence-corrected chi connectivity index (χ0v) is 22.5. The summed E-state index contributed by atoms with van der Waals surface area (Å²) in [5, 5.41) is 17.8. The molecular formula is C31H35N7O. The van der Waals surface area contributed by atoms with E-state index in [4.69, 9.17) is 4.98 Å². The van der Waals surface area contributed by atoms with Crippen molar-refractivity contribution in [2.24, 2.45) is 0 Å². The molecule has 8 nitrogen and oxygen atoms in total. The van der Waals surface area contributed by atoms with E-state index >= 15 is 0 Å². The first-order valence-electron chi connectivity index (χ1n) is 13.9. The summed E-state index contributed by atoms with van der Waals surface area (Å²) in [5.41, 5.74) is 5.06. The molecule has 0 spiro atoms. The summed E-state index contributed by atoms with van der Waals surface area (Å²) in [4.78, 5) is 25.4. The maximum atomic E-state index is 12.8. The molecule has 0 bridgehead atoms. The second kappa shape index (κ2) is 12.5. The Labute approximate surface area is 229 Å². The van der Waals surface area contributed by atoms with Crippen LogP contribution in [0.4, 0.5) is 5.95 Å². The molecule has 1 aliphatic heterocycles. The van der Waals surface area contributed by atoms with E-state index < -0.39 is 0 Å². The quantitative estimate of drug-likeness (QED) is 0.254. The van der Waals surface area contributed by atoms with Crippen molar-refractivity contribution in [1.82, 2.24) is 25.3 Å². The van der Waals surface area contributed by atoms with Gasteiger partial charge in [-0.25, -0.2) is 15.0 Å². The Hall–Kier alpha value is -4.22. The molecule has 1 saturated heterocycles. The van der Waals surface area contributed by atoms with Gasteiger partial charge in [0.05, 0.1) is 11.3 Å². The minimum absolute atomic E-state index is 0.110. The fourth-order valence-electron chi connectivity index (χ4n) is 5.09. The Morgan fingerprint density at radius 2 is 1.95 bits per heavy atom. The summed E-state index contributed by atoms with van der Waals surface area (Å²) in [6.45, 7) is 5.75. The lowest BCUT2D eigenvalue weighted by Crippen LogP contribution is -2.42. The van der Waals surface area contributed by atoms with Gasteiger partial charge in [-0.3, -0.25) is 9.80 Å². The van der Waals surface area contributed by atoms with E-state index in [-0.39, 0.29) is 5.91 Å². The molecule has 2 aromatic heterocycles. The smallest absolute Gasteiger partial charge is 0.251 e. The van der Waals surface area contributed by atoms with E-state index in [2.05, 4.69) is 38.3 Å². The maximum absolute atomic E-state index is 12.8. The lowest BCUT2D eigenvalue weighted by molar-refractivity contribution is 0.0954. The largest absolute Gasteiger partial charge is 0.360 e. The number of nitriles is 1. The predicted molar refractivity (Wildman–Crippen MR) is 154 cm³/mol. The van der Waals surface area contributed by atoms with Crippen LogP contribution in [-0.4, -0.2) is 52.0 Å². The van der Waals surface area contributed by atoms with Crippen molar-refractivity contribution < 1.29 is 4.79 Å². The molecule has 1 fully saturated rings. The second-order valence-corrected chi connectivity index (χ2v) is 10.0.